The number of carbonyl (C=O) groups excluding carboxylic acids is 8. The zero-order valence-electron chi connectivity index (χ0n) is 37.7. The minimum absolute atomic E-state index is 0.00147. The normalized spacial score (nSPS) is 12.9. The molecule has 2 atom stereocenters. The third kappa shape index (κ3) is 22.9. The van der Waals surface area contributed by atoms with Gasteiger partial charge in [-0.1, -0.05) is 0 Å². The van der Waals surface area contributed by atoms with E-state index in [1.165, 1.54) is 36.4 Å². The number of rotatable bonds is 33. The standard InChI is InChI=1S/C43H58IN8O16/c1-29(2)38(49-35(54)15-20-63-22-24-65-26-27-66-25-23-64-21-18-46-34(53)14-19-51-36(55)12-13-37(51)56)40(57)50-39(44-16-3-17-47-42(45)59)41(58)48-31-6-4-30(5-7-31)28-67-43(60)68-33-10-8-32(9-11-33)52(61)62/h4-13,29,38-39H,3,14-28H2,1-2H3,(H,46,53)(H,48,58)(H,49,54)(H,50,57)(H3,45,47,59)/q-1/t38-,39?/m0/s1. The number of non-ortho nitro benzene ring substituents is 1. The minimum atomic E-state index is -1.03. The van der Waals surface area contributed by atoms with Gasteiger partial charge >= 0.3 is 242 Å². The van der Waals surface area contributed by atoms with Crippen molar-refractivity contribution in [2.24, 2.45) is 11.7 Å². The van der Waals surface area contributed by atoms with Crippen LogP contribution in [0, 0.1) is 16.0 Å². The van der Waals surface area contributed by atoms with Crippen LogP contribution in [0.25, 0.3) is 0 Å². The summed E-state index contributed by atoms with van der Waals surface area (Å²) < 4.78 is 31.6. The monoisotopic (exact) mass is 1070 g/mol. The van der Waals surface area contributed by atoms with E-state index in [9.17, 15) is 48.5 Å². The third-order valence-corrected chi connectivity index (χ3v) is 12.2. The molecule has 68 heavy (non-hydrogen) atoms. The van der Waals surface area contributed by atoms with Crippen LogP contribution in [0.3, 0.4) is 0 Å². The molecule has 0 spiro atoms. The third-order valence-electron chi connectivity index (χ3n) is 9.09. The maximum atomic E-state index is 13.6. The number of benzene rings is 2. The fourth-order valence-electron chi connectivity index (χ4n) is 5.57. The molecule has 25 heteroatoms. The summed E-state index contributed by atoms with van der Waals surface area (Å²) in [5, 5.41) is 24.3. The van der Waals surface area contributed by atoms with Gasteiger partial charge in [-0.3, -0.25) is 29.4 Å². The van der Waals surface area contributed by atoms with Crippen molar-refractivity contribution in [3.63, 3.8) is 0 Å². The van der Waals surface area contributed by atoms with E-state index in [0.29, 0.717) is 48.5 Å². The SMILES string of the molecule is CC(C)[C@H](NC(=O)CCOCCOCCOCCOCCNC(=O)CCN1C(=O)C=CC1=O)C(=O)NC([I-]CCCNC(N)=O)C(=O)Nc1ccc(COC(=O)Oc2ccc([N+](=O)[O-])cc2)cc1. The van der Waals surface area contributed by atoms with Crippen molar-refractivity contribution in [2.75, 3.05) is 82.2 Å². The summed E-state index contributed by atoms with van der Waals surface area (Å²) in [5.41, 5.74) is 5.94. The average Bonchev–Trinajstić information content (AvgIpc) is 3.63. The van der Waals surface area contributed by atoms with Crippen LogP contribution >= 0.6 is 0 Å². The molecule has 1 aliphatic rings. The molecule has 0 aliphatic carbocycles. The molecule has 0 aromatic heterocycles. The van der Waals surface area contributed by atoms with Crippen molar-refractivity contribution in [3.8, 4) is 5.75 Å². The molecule has 0 radical (unpaired) electrons. The number of nitro benzene ring substituents is 1. The van der Waals surface area contributed by atoms with Gasteiger partial charge < -0.3 is 14.8 Å². The van der Waals surface area contributed by atoms with Crippen LogP contribution in [-0.4, -0.2) is 144 Å². The van der Waals surface area contributed by atoms with E-state index in [1.807, 2.05) is 0 Å². The van der Waals surface area contributed by atoms with E-state index in [0.717, 1.165) is 4.90 Å². The Labute approximate surface area is 402 Å². The van der Waals surface area contributed by atoms with Crippen LogP contribution in [-0.2, 0) is 59.1 Å². The zero-order valence-corrected chi connectivity index (χ0v) is 39.9. The molecule has 1 aliphatic heterocycles. The predicted molar refractivity (Wildman–Crippen MR) is 236 cm³/mol. The Hall–Kier alpha value is -6.29. The molecule has 0 fully saturated rings. The Morgan fingerprint density at radius 1 is 0.735 bits per heavy atom. The fourth-order valence-corrected chi connectivity index (χ4v) is 8.10. The van der Waals surface area contributed by atoms with Crippen LogP contribution in [0.4, 0.5) is 21.0 Å². The van der Waals surface area contributed by atoms with Crippen LogP contribution in [0.5, 0.6) is 5.75 Å². The number of urea groups is 1. The number of nitrogens with zero attached hydrogens (tertiary/aromatic N) is 2. The molecule has 0 saturated carbocycles. The number of carbonyl (C=O) groups is 8. The number of halogens is 1. The molecule has 1 unspecified atom stereocenters. The second-order valence-corrected chi connectivity index (χ2v) is 17.9. The van der Waals surface area contributed by atoms with Gasteiger partial charge in [-0.2, -0.15) is 0 Å². The van der Waals surface area contributed by atoms with Gasteiger partial charge in [0.15, 0.2) is 0 Å². The number of primary amides is 1. The van der Waals surface area contributed by atoms with Crippen molar-refractivity contribution in [2.45, 2.75) is 49.8 Å². The summed E-state index contributed by atoms with van der Waals surface area (Å²) in [5.74, 6) is -2.92. The molecule has 3 rings (SSSR count). The topological polar surface area (TPSA) is 324 Å². The summed E-state index contributed by atoms with van der Waals surface area (Å²) in [6, 6.07) is 9.63. The number of alkyl halides is 2. The molecule has 2 aromatic rings. The number of hydrogen-bond donors (Lipinski definition) is 6. The van der Waals surface area contributed by atoms with Crippen LogP contribution in [0.2, 0.25) is 0 Å². The quantitative estimate of drug-likeness (QED) is 0.00512. The van der Waals surface area contributed by atoms with Gasteiger partial charge in [0, 0.05) is 43.8 Å². The Morgan fingerprint density at radius 3 is 1.93 bits per heavy atom. The maximum absolute atomic E-state index is 13.6. The van der Waals surface area contributed by atoms with Gasteiger partial charge in [0.1, 0.15) is 0 Å². The fraction of sp³-hybridized carbons (Fsp3) is 0.488. The van der Waals surface area contributed by atoms with Gasteiger partial charge in [-0.25, -0.2) is 0 Å². The number of hydrogen-bond acceptors (Lipinski definition) is 16. The molecule has 0 bridgehead atoms. The molecule has 374 valence electrons. The van der Waals surface area contributed by atoms with E-state index in [2.05, 4.69) is 26.6 Å². The Balaban J connectivity index is 1.31. The van der Waals surface area contributed by atoms with Crippen molar-refractivity contribution < 1.29 is 92.9 Å². The first-order valence-electron chi connectivity index (χ1n) is 21.4. The van der Waals surface area contributed by atoms with Crippen LogP contribution in [0.1, 0.15) is 38.7 Å². The first-order chi connectivity index (χ1) is 32.6. The van der Waals surface area contributed by atoms with Gasteiger partial charge in [0.25, 0.3) is 17.5 Å². The summed E-state index contributed by atoms with van der Waals surface area (Å²) >= 11 is -1.02. The number of nitrogens with one attached hydrogen (secondary N) is 5. The first-order valence-corrected chi connectivity index (χ1v) is 24.2. The second kappa shape index (κ2) is 31.6. The van der Waals surface area contributed by atoms with Crippen LogP contribution < -0.4 is 58.3 Å². The second-order valence-electron chi connectivity index (χ2n) is 14.7. The molecule has 7 N–H and O–H groups in total. The number of ether oxygens (including phenoxy) is 6. The number of amides is 8. The first kappa shape index (κ1) is 56.0. The van der Waals surface area contributed by atoms with Gasteiger partial charge in [-0.15, -0.1) is 0 Å². The molecule has 0 saturated heterocycles. The van der Waals surface area contributed by atoms with E-state index in [-0.39, 0.29) is 88.8 Å². The summed E-state index contributed by atoms with van der Waals surface area (Å²) in [4.78, 5) is 109. The number of imide groups is 1. The van der Waals surface area contributed by atoms with E-state index in [4.69, 9.17) is 34.2 Å². The van der Waals surface area contributed by atoms with Gasteiger partial charge in [0.2, 0.25) is 5.91 Å². The molecular weight excluding hydrogens is 1010 g/mol. The summed E-state index contributed by atoms with van der Waals surface area (Å²) in [7, 11) is 0. The molecule has 24 nitrogen and oxygen atoms in total. The van der Waals surface area contributed by atoms with E-state index >= 15 is 0 Å². The van der Waals surface area contributed by atoms with Crippen molar-refractivity contribution >= 4 is 59.0 Å². The summed E-state index contributed by atoms with van der Waals surface area (Å²) in [6.07, 6.45) is 1.78. The Bertz CT molecular complexity index is 2010. The van der Waals surface area contributed by atoms with E-state index in [1.54, 1.807) is 38.1 Å². The number of nitro groups is 1. The van der Waals surface area contributed by atoms with E-state index < -0.39 is 77.9 Å². The van der Waals surface area contributed by atoms with Crippen molar-refractivity contribution in [3.05, 3.63) is 76.4 Å². The van der Waals surface area contributed by atoms with Crippen molar-refractivity contribution in [1.82, 2.24) is 26.2 Å². The van der Waals surface area contributed by atoms with Gasteiger partial charge in [-0.05, 0) is 12.1 Å². The number of anilines is 1. The molecule has 8 amide bonds. The van der Waals surface area contributed by atoms with Crippen LogP contribution in [0.15, 0.2) is 60.7 Å². The molecule has 1 heterocycles. The zero-order chi connectivity index (χ0) is 49.7. The van der Waals surface area contributed by atoms with Crippen molar-refractivity contribution in [1.29, 1.82) is 0 Å². The summed E-state index contributed by atoms with van der Waals surface area (Å²) in [6.45, 7) is 5.91. The predicted octanol–water partition coefficient (Wildman–Crippen LogP) is -2.13. The number of nitrogens with two attached hydrogens (primary N) is 1. The Morgan fingerprint density at radius 2 is 1.34 bits per heavy atom. The average molecular weight is 1070 g/mol. The molecule has 2 aromatic carbocycles. The van der Waals surface area contributed by atoms with Gasteiger partial charge in [0.05, 0.1) is 38.0 Å². The molecular formula is C43H58IN8O16-. The Kier molecular flexibility index (Phi) is 26.1.